The van der Waals surface area contributed by atoms with Gasteiger partial charge in [0.05, 0.1) is 4.90 Å². The molecule has 3 rings (SSSR count). The molecular weight excluding hydrogens is 398 g/mol. The summed E-state index contributed by atoms with van der Waals surface area (Å²) in [4.78, 5) is 17.0. The Morgan fingerprint density at radius 2 is 1.63 bits per heavy atom. The van der Waals surface area contributed by atoms with Crippen LogP contribution in [0.1, 0.15) is 37.4 Å². The number of hydrogen-bond donors (Lipinski definition) is 1. The van der Waals surface area contributed by atoms with E-state index in [-0.39, 0.29) is 16.8 Å². The lowest BCUT2D eigenvalue weighted by Crippen LogP contribution is -2.48. The van der Waals surface area contributed by atoms with Gasteiger partial charge in [-0.2, -0.15) is 0 Å². The number of benzene rings is 2. The predicted octanol–water partition coefficient (Wildman–Crippen LogP) is 2.82. The molecule has 162 valence electrons. The van der Waals surface area contributed by atoms with Crippen molar-refractivity contribution in [1.82, 2.24) is 14.5 Å². The van der Waals surface area contributed by atoms with Crippen molar-refractivity contribution >= 4 is 15.9 Å². The van der Waals surface area contributed by atoms with E-state index in [1.807, 2.05) is 42.2 Å². The van der Waals surface area contributed by atoms with Crippen LogP contribution < -0.4 is 4.72 Å². The largest absolute Gasteiger partial charge is 0.340 e. The number of carbonyl (C=O) groups excluding carboxylic acids is 1. The Morgan fingerprint density at radius 1 is 1.00 bits per heavy atom. The minimum atomic E-state index is -3.61. The average Bonchev–Trinajstić information content (AvgIpc) is 2.78. The molecule has 1 amide bonds. The lowest BCUT2D eigenvalue weighted by atomic mass is 10.1. The maximum absolute atomic E-state index is 12.7. The first-order valence-electron chi connectivity index (χ1n) is 10.6. The summed E-state index contributed by atoms with van der Waals surface area (Å²) in [7, 11) is -3.61. The molecule has 7 heteroatoms. The van der Waals surface area contributed by atoms with E-state index in [0.717, 1.165) is 43.9 Å². The van der Waals surface area contributed by atoms with Gasteiger partial charge in [0, 0.05) is 38.6 Å². The number of sulfonamides is 1. The summed E-state index contributed by atoms with van der Waals surface area (Å²) in [6.07, 6.45) is 1.06. The van der Waals surface area contributed by atoms with Crippen molar-refractivity contribution in [2.45, 2.75) is 37.6 Å². The molecule has 1 saturated heterocycles. The normalized spacial score (nSPS) is 16.4. The Labute approximate surface area is 179 Å². The van der Waals surface area contributed by atoms with Crippen molar-refractivity contribution in [2.75, 3.05) is 32.7 Å². The molecule has 0 aliphatic carbocycles. The minimum Gasteiger partial charge on any atom is -0.340 e. The summed E-state index contributed by atoms with van der Waals surface area (Å²) >= 11 is 0. The summed E-state index contributed by atoms with van der Waals surface area (Å²) in [5.41, 5.74) is 1.88. The van der Waals surface area contributed by atoms with Gasteiger partial charge in [-0.05, 0) is 43.1 Å². The van der Waals surface area contributed by atoms with Gasteiger partial charge in [-0.1, -0.05) is 49.4 Å². The first kappa shape index (κ1) is 22.5. The summed E-state index contributed by atoms with van der Waals surface area (Å²) < 4.78 is 28.1. The highest BCUT2D eigenvalue weighted by atomic mass is 32.2. The molecule has 1 N–H and O–H groups in total. The smallest absolute Gasteiger partial charge is 0.241 e. The third-order valence-corrected chi connectivity index (χ3v) is 7.22. The van der Waals surface area contributed by atoms with E-state index in [1.165, 1.54) is 0 Å². The quantitative estimate of drug-likeness (QED) is 0.701. The highest BCUT2D eigenvalue weighted by molar-refractivity contribution is 7.89. The summed E-state index contributed by atoms with van der Waals surface area (Å²) in [6.45, 7) is 8.43. The van der Waals surface area contributed by atoms with Crippen LogP contribution in [0.5, 0.6) is 0 Å². The fraction of sp³-hybridized carbons (Fsp3) is 0.435. The number of nitrogens with zero attached hydrogens (tertiary/aromatic N) is 2. The lowest BCUT2D eigenvalue weighted by Gasteiger charge is -2.34. The van der Waals surface area contributed by atoms with E-state index in [2.05, 4.69) is 16.5 Å². The van der Waals surface area contributed by atoms with Gasteiger partial charge in [0.25, 0.3) is 0 Å². The molecule has 0 spiro atoms. The van der Waals surface area contributed by atoms with Crippen LogP contribution in [-0.2, 0) is 21.2 Å². The van der Waals surface area contributed by atoms with Crippen molar-refractivity contribution in [3.05, 3.63) is 65.7 Å². The SMILES string of the molecule is CCN1CCN(C(=O)CCc2ccc(S(=O)(=O)N[C@H](C)c3ccccc3)cc2)CC1. The Kier molecular flexibility index (Phi) is 7.64. The van der Waals surface area contributed by atoms with Crippen molar-refractivity contribution in [1.29, 1.82) is 0 Å². The summed E-state index contributed by atoms with van der Waals surface area (Å²) in [5.74, 6) is 0.167. The number of hydrogen-bond acceptors (Lipinski definition) is 4. The number of nitrogens with one attached hydrogen (secondary N) is 1. The number of amides is 1. The van der Waals surface area contributed by atoms with Gasteiger partial charge >= 0.3 is 0 Å². The molecule has 1 fully saturated rings. The van der Waals surface area contributed by atoms with Gasteiger partial charge in [-0.15, -0.1) is 0 Å². The zero-order valence-electron chi connectivity index (χ0n) is 17.8. The van der Waals surface area contributed by atoms with E-state index >= 15 is 0 Å². The Morgan fingerprint density at radius 3 is 2.23 bits per heavy atom. The van der Waals surface area contributed by atoms with Crippen LogP contribution in [0.25, 0.3) is 0 Å². The topological polar surface area (TPSA) is 69.7 Å². The number of rotatable bonds is 8. The molecule has 1 aliphatic heterocycles. The van der Waals surface area contributed by atoms with E-state index in [0.29, 0.717) is 12.8 Å². The van der Waals surface area contributed by atoms with Crippen molar-refractivity contribution in [2.24, 2.45) is 0 Å². The zero-order valence-corrected chi connectivity index (χ0v) is 18.6. The van der Waals surface area contributed by atoms with Crippen molar-refractivity contribution in [3.63, 3.8) is 0 Å². The van der Waals surface area contributed by atoms with Gasteiger partial charge in [0.1, 0.15) is 0 Å². The van der Waals surface area contributed by atoms with Gasteiger partial charge in [0.2, 0.25) is 15.9 Å². The van der Waals surface area contributed by atoms with Gasteiger partial charge in [0.15, 0.2) is 0 Å². The molecule has 0 aromatic heterocycles. The molecular formula is C23H31N3O3S. The Bertz CT molecular complexity index is 922. The van der Waals surface area contributed by atoms with E-state index < -0.39 is 10.0 Å². The molecule has 0 radical (unpaired) electrons. The van der Waals surface area contributed by atoms with Crippen LogP contribution >= 0.6 is 0 Å². The third-order valence-electron chi connectivity index (χ3n) is 5.66. The Balaban J connectivity index is 1.53. The molecule has 30 heavy (non-hydrogen) atoms. The molecule has 2 aromatic carbocycles. The van der Waals surface area contributed by atoms with Crippen molar-refractivity contribution in [3.8, 4) is 0 Å². The lowest BCUT2D eigenvalue weighted by molar-refractivity contribution is -0.132. The maximum Gasteiger partial charge on any atom is 0.241 e. The van der Waals surface area contributed by atoms with E-state index in [9.17, 15) is 13.2 Å². The third kappa shape index (κ3) is 5.90. The van der Waals surface area contributed by atoms with Crippen molar-refractivity contribution < 1.29 is 13.2 Å². The summed E-state index contributed by atoms with van der Waals surface area (Å²) in [5, 5.41) is 0. The molecule has 0 saturated carbocycles. The highest BCUT2D eigenvalue weighted by Gasteiger charge is 2.20. The molecule has 1 aliphatic rings. The van der Waals surface area contributed by atoms with Crippen LogP contribution in [0.15, 0.2) is 59.5 Å². The predicted molar refractivity (Wildman–Crippen MR) is 119 cm³/mol. The van der Waals surface area contributed by atoms with Crippen LogP contribution in [0.3, 0.4) is 0 Å². The van der Waals surface area contributed by atoms with E-state index in [1.54, 1.807) is 24.3 Å². The summed E-state index contributed by atoms with van der Waals surface area (Å²) in [6, 6.07) is 16.0. The zero-order chi connectivity index (χ0) is 21.6. The van der Waals surface area contributed by atoms with Gasteiger partial charge < -0.3 is 9.80 Å². The molecule has 0 bridgehead atoms. The van der Waals surface area contributed by atoms with Crippen LogP contribution in [0, 0.1) is 0 Å². The van der Waals surface area contributed by atoms with Crippen LogP contribution in [0.2, 0.25) is 0 Å². The molecule has 6 nitrogen and oxygen atoms in total. The monoisotopic (exact) mass is 429 g/mol. The second-order valence-electron chi connectivity index (χ2n) is 7.71. The number of piperazine rings is 1. The first-order valence-corrected chi connectivity index (χ1v) is 12.0. The fourth-order valence-electron chi connectivity index (χ4n) is 3.67. The Hall–Kier alpha value is -2.22. The maximum atomic E-state index is 12.7. The second kappa shape index (κ2) is 10.2. The molecule has 0 unspecified atom stereocenters. The van der Waals surface area contributed by atoms with Gasteiger partial charge in [-0.25, -0.2) is 13.1 Å². The van der Waals surface area contributed by atoms with Crippen LogP contribution in [-0.4, -0.2) is 56.8 Å². The first-order chi connectivity index (χ1) is 14.4. The number of aryl methyl sites for hydroxylation is 1. The average molecular weight is 430 g/mol. The molecule has 2 aromatic rings. The molecule has 1 atom stereocenters. The van der Waals surface area contributed by atoms with Gasteiger partial charge in [-0.3, -0.25) is 4.79 Å². The fourth-order valence-corrected chi connectivity index (χ4v) is 4.90. The molecule has 1 heterocycles. The minimum absolute atomic E-state index is 0.167. The number of likely N-dealkylation sites (N-methyl/N-ethyl adjacent to an activating group) is 1. The number of carbonyl (C=O) groups is 1. The standard InChI is InChI=1S/C23H31N3O3S/c1-3-25-15-17-26(18-16-25)23(27)14-11-20-9-12-22(13-10-20)30(28,29)24-19(2)21-7-5-4-6-8-21/h4-10,12-13,19,24H,3,11,14-18H2,1-2H3/t19-/m1/s1. The highest BCUT2D eigenvalue weighted by Crippen LogP contribution is 2.18. The second-order valence-corrected chi connectivity index (χ2v) is 9.43. The van der Waals surface area contributed by atoms with Crippen LogP contribution in [0.4, 0.5) is 0 Å². The van der Waals surface area contributed by atoms with E-state index in [4.69, 9.17) is 0 Å².